The second-order valence-corrected chi connectivity index (χ2v) is 6.63. The molecule has 0 unspecified atom stereocenters. The van der Waals surface area contributed by atoms with Crippen LogP contribution in [0.3, 0.4) is 0 Å². The zero-order chi connectivity index (χ0) is 18.8. The standard InChI is InChI=1S/C20H18ClN5O/c1-12-18(13(2)26-25-12)11-27-16-4-5-17-14(9-16)7-8-22-20(17)24-15-3-6-19(21)23-10-15/h3-10H,11H2,1-2H3,(H,22,24)(H,25,26). The molecular formula is C20H18ClN5O. The lowest BCUT2D eigenvalue weighted by Gasteiger charge is -2.11. The van der Waals surface area contributed by atoms with E-state index in [4.69, 9.17) is 16.3 Å². The minimum atomic E-state index is 0.455. The molecule has 0 atom stereocenters. The summed E-state index contributed by atoms with van der Waals surface area (Å²) in [5.74, 6) is 1.55. The first kappa shape index (κ1) is 17.3. The lowest BCUT2D eigenvalue weighted by atomic mass is 10.1. The van der Waals surface area contributed by atoms with Crippen molar-refractivity contribution in [2.45, 2.75) is 20.5 Å². The van der Waals surface area contributed by atoms with Crippen LogP contribution >= 0.6 is 11.6 Å². The van der Waals surface area contributed by atoms with E-state index in [1.807, 2.05) is 44.2 Å². The molecule has 0 spiro atoms. The summed E-state index contributed by atoms with van der Waals surface area (Å²) in [6, 6.07) is 11.5. The van der Waals surface area contributed by atoms with Gasteiger partial charge in [-0.15, -0.1) is 0 Å². The Morgan fingerprint density at radius 2 is 2.00 bits per heavy atom. The van der Waals surface area contributed by atoms with Gasteiger partial charge in [0.25, 0.3) is 0 Å². The number of hydrogen-bond donors (Lipinski definition) is 2. The Kier molecular flexibility index (Phi) is 4.64. The number of aromatic amines is 1. The van der Waals surface area contributed by atoms with Crippen molar-refractivity contribution >= 4 is 33.9 Å². The summed E-state index contributed by atoms with van der Waals surface area (Å²) in [5.41, 5.74) is 3.90. The summed E-state index contributed by atoms with van der Waals surface area (Å²) < 4.78 is 5.97. The molecule has 1 aromatic carbocycles. The van der Waals surface area contributed by atoms with E-state index in [1.54, 1.807) is 18.5 Å². The van der Waals surface area contributed by atoms with Gasteiger partial charge in [-0.2, -0.15) is 5.10 Å². The van der Waals surface area contributed by atoms with Crippen molar-refractivity contribution < 1.29 is 4.74 Å². The summed E-state index contributed by atoms with van der Waals surface area (Å²) in [4.78, 5) is 8.52. The van der Waals surface area contributed by atoms with Crippen LogP contribution in [0.4, 0.5) is 11.5 Å². The third kappa shape index (κ3) is 3.71. The van der Waals surface area contributed by atoms with Gasteiger partial charge in [0.1, 0.15) is 23.3 Å². The lowest BCUT2D eigenvalue weighted by Crippen LogP contribution is -1.99. The molecule has 4 rings (SSSR count). The number of nitrogens with zero attached hydrogens (tertiary/aromatic N) is 3. The number of nitrogens with one attached hydrogen (secondary N) is 2. The van der Waals surface area contributed by atoms with Crippen molar-refractivity contribution in [2.24, 2.45) is 0 Å². The molecule has 3 aromatic heterocycles. The molecule has 0 aliphatic carbocycles. The number of halogens is 1. The van der Waals surface area contributed by atoms with Crippen LogP contribution in [0.25, 0.3) is 10.8 Å². The third-order valence-corrected chi connectivity index (χ3v) is 4.61. The molecule has 3 heterocycles. The highest BCUT2D eigenvalue weighted by molar-refractivity contribution is 6.29. The molecule has 27 heavy (non-hydrogen) atoms. The number of anilines is 2. The first-order valence-electron chi connectivity index (χ1n) is 8.51. The SMILES string of the molecule is Cc1n[nH]c(C)c1COc1ccc2c(Nc3ccc(Cl)nc3)nccc2c1. The van der Waals surface area contributed by atoms with Gasteiger partial charge in [0.2, 0.25) is 0 Å². The molecule has 0 fully saturated rings. The predicted octanol–water partition coefficient (Wildman–Crippen LogP) is 4.95. The maximum absolute atomic E-state index is 5.97. The van der Waals surface area contributed by atoms with Crippen molar-refractivity contribution in [3.63, 3.8) is 0 Å². The Hall–Kier alpha value is -3.12. The number of fused-ring (bicyclic) bond motifs is 1. The summed E-state index contributed by atoms with van der Waals surface area (Å²) in [7, 11) is 0. The van der Waals surface area contributed by atoms with Gasteiger partial charge in [0, 0.05) is 22.8 Å². The molecule has 0 amide bonds. The number of benzene rings is 1. The Morgan fingerprint density at radius 3 is 2.74 bits per heavy atom. The molecule has 0 aliphatic heterocycles. The van der Waals surface area contributed by atoms with E-state index < -0.39 is 0 Å². The van der Waals surface area contributed by atoms with Gasteiger partial charge >= 0.3 is 0 Å². The molecule has 6 nitrogen and oxygen atoms in total. The van der Waals surface area contributed by atoms with Crippen molar-refractivity contribution in [1.82, 2.24) is 20.2 Å². The van der Waals surface area contributed by atoms with Crippen LogP contribution < -0.4 is 10.1 Å². The van der Waals surface area contributed by atoms with Crippen LogP contribution in [-0.4, -0.2) is 20.2 Å². The fourth-order valence-electron chi connectivity index (χ4n) is 2.87. The average molecular weight is 380 g/mol. The number of rotatable bonds is 5. The Morgan fingerprint density at radius 1 is 1.11 bits per heavy atom. The minimum Gasteiger partial charge on any atom is -0.489 e. The van der Waals surface area contributed by atoms with E-state index in [0.29, 0.717) is 11.8 Å². The van der Waals surface area contributed by atoms with Crippen LogP contribution in [0.5, 0.6) is 5.75 Å². The van der Waals surface area contributed by atoms with Gasteiger partial charge in [0.05, 0.1) is 17.6 Å². The Labute approximate surface area is 161 Å². The second-order valence-electron chi connectivity index (χ2n) is 6.24. The number of pyridine rings is 2. The monoisotopic (exact) mass is 379 g/mol. The van der Waals surface area contributed by atoms with E-state index in [1.165, 1.54) is 0 Å². The molecule has 7 heteroatoms. The van der Waals surface area contributed by atoms with E-state index in [2.05, 4.69) is 25.5 Å². The molecule has 0 bridgehead atoms. The Bertz CT molecular complexity index is 1070. The average Bonchev–Trinajstić information content (AvgIpc) is 3.00. The Balaban J connectivity index is 1.57. The lowest BCUT2D eigenvalue weighted by molar-refractivity contribution is 0.305. The van der Waals surface area contributed by atoms with Crippen molar-refractivity contribution in [3.8, 4) is 5.75 Å². The van der Waals surface area contributed by atoms with E-state index >= 15 is 0 Å². The number of aromatic nitrogens is 4. The third-order valence-electron chi connectivity index (χ3n) is 4.39. The zero-order valence-corrected chi connectivity index (χ0v) is 15.7. The van der Waals surface area contributed by atoms with Crippen LogP contribution in [0, 0.1) is 13.8 Å². The van der Waals surface area contributed by atoms with Crippen LogP contribution in [0.15, 0.2) is 48.8 Å². The van der Waals surface area contributed by atoms with Gasteiger partial charge in [-0.1, -0.05) is 11.6 Å². The highest BCUT2D eigenvalue weighted by Gasteiger charge is 2.09. The highest BCUT2D eigenvalue weighted by Crippen LogP contribution is 2.28. The minimum absolute atomic E-state index is 0.455. The van der Waals surface area contributed by atoms with Crippen molar-refractivity contribution in [3.05, 3.63) is 70.9 Å². The fourth-order valence-corrected chi connectivity index (χ4v) is 2.99. The van der Waals surface area contributed by atoms with Gasteiger partial charge in [-0.05, 0) is 55.6 Å². The summed E-state index contributed by atoms with van der Waals surface area (Å²) in [6.07, 6.45) is 3.44. The quantitative estimate of drug-likeness (QED) is 0.480. The van der Waals surface area contributed by atoms with E-state index in [0.717, 1.165) is 45.0 Å². The first-order chi connectivity index (χ1) is 13.1. The van der Waals surface area contributed by atoms with Crippen LogP contribution in [-0.2, 0) is 6.61 Å². The van der Waals surface area contributed by atoms with E-state index in [9.17, 15) is 0 Å². The summed E-state index contributed by atoms with van der Waals surface area (Å²) >= 11 is 5.84. The van der Waals surface area contributed by atoms with Gasteiger partial charge in [-0.25, -0.2) is 9.97 Å². The normalized spacial score (nSPS) is 10.9. The highest BCUT2D eigenvalue weighted by atomic mass is 35.5. The first-order valence-corrected chi connectivity index (χ1v) is 8.88. The zero-order valence-electron chi connectivity index (χ0n) is 15.0. The van der Waals surface area contributed by atoms with Crippen molar-refractivity contribution in [2.75, 3.05) is 5.32 Å². The largest absolute Gasteiger partial charge is 0.489 e. The van der Waals surface area contributed by atoms with Gasteiger partial charge in [0.15, 0.2) is 0 Å². The smallest absolute Gasteiger partial charge is 0.138 e. The molecule has 4 aromatic rings. The maximum atomic E-state index is 5.97. The molecular weight excluding hydrogens is 362 g/mol. The number of hydrogen-bond acceptors (Lipinski definition) is 5. The van der Waals surface area contributed by atoms with Gasteiger partial charge < -0.3 is 10.1 Å². The van der Waals surface area contributed by atoms with Crippen LogP contribution in [0.1, 0.15) is 17.0 Å². The van der Waals surface area contributed by atoms with Gasteiger partial charge in [-0.3, -0.25) is 5.10 Å². The molecule has 0 saturated carbocycles. The van der Waals surface area contributed by atoms with Crippen molar-refractivity contribution in [1.29, 1.82) is 0 Å². The molecule has 0 saturated heterocycles. The molecule has 2 N–H and O–H groups in total. The number of H-pyrrole nitrogens is 1. The molecule has 0 radical (unpaired) electrons. The summed E-state index contributed by atoms with van der Waals surface area (Å²) in [5, 5.41) is 12.9. The fraction of sp³-hybridized carbons (Fsp3) is 0.150. The second kappa shape index (κ2) is 7.25. The van der Waals surface area contributed by atoms with E-state index in [-0.39, 0.29) is 0 Å². The summed E-state index contributed by atoms with van der Waals surface area (Å²) in [6.45, 7) is 4.44. The topological polar surface area (TPSA) is 75.7 Å². The number of aryl methyl sites for hydroxylation is 2. The molecule has 136 valence electrons. The van der Waals surface area contributed by atoms with Crippen LogP contribution in [0.2, 0.25) is 5.15 Å². The predicted molar refractivity (Wildman–Crippen MR) is 107 cm³/mol. The maximum Gasteiger partial charge on any atom is 0.138 e. The molecule has 0 aliphatic rings. The number of ether oxygens (including phenoxy) is 1.